The first-order valence-corrected chi connectivity index (χ1v) is 5.25. The maximum Gasteiger partial charge on any atom is 0.131 e. The number of ether oxygens (including phenoxy) is 2. The molecule has 0 aromatic heterocycles. The molecule has 82 valence electrons. The van der Waals surface area contributed by atoms with Crippen molar-refractivity contribution in [2.75, 3.05) is 13.2 Å². The van der Waals surface area contributed by atoms with Crippen molar-refractivity contribution in [2.24, 2.45) is 0 Å². The lowest BCUT2D eigenvalue weighted by molar-refractivity contribution is 0.263. The van der Waals surface area contributed by atoms with Gasteiger partial charge < -0.3 is 9.47 Å². The van der Waals surface area contributed by atoms with Crippen LogP contribution in [0.5, 0.6) is 5.75 Å². The van der Waals surface area contributed by atoms with Gasteiger partial charge in [0.1, 0.15) is 24.3 Å². The monoisotopic (exact) mass is 218 g/mol. The summed E-state index contributed by atoms with van der Waals surface area (Å²) in [4.78, 5) is 0. The van der Waals surface area contributed by atoms with E-state index in [-0.39, 0.29) is 11.9 Å². The Morgan fingerprint density at radius 3 is 3.00 bits per heavy atom. The molecule has 2 nitrogen and oxygen atoms in total. The number of epoxide rings is 1. The molecule has 0 bridgehead atoms. The van der Waals surface area contributed by atoms with Crippen LogP contribution in [0, 0.1) is 5.82 Å². The van der Waals surface area contributed by atoms with Gasteiger partial charge in [-0.3, -0.25) is 0 Å². The third kappa shape index (κ3) is 1.86. The Morgan fingerprint density at radius 1 is 1.31 bits per heavy atom. The maximum atomic E-state index is 13.4. The Labute approximate surface area is 92.6 Å². The first kappa shape index (κ1) is 9.60. The molecule has 2 aromatic carbocycles. The smallest absolute Gasteiger partial charge is 0.131 e. The van der Waals surface area contributed by atoms with Gasteiger partial charge in [0, 0.05) is 5.39 Å². The molecule has 1 saturated heterocycles. The SMILES string of the molecule is Fc1cccc2cc(OCC3CO3)ccc12. The van der Waals surface area contributed by atoms with Crippen LogP contribution < -0.4 is 4.74 Å². The van der Waals surface area contributed by atoms with Crippen LogP contribution in [-0.4, -0.2) is 19.3 Å². The van der Waals surface area contributed by atoms with Crippen LogP contribution in [-0.2, 0) is 4.74 Å². The fraction of sp³-hybridized carbons (Fsp3) is 0.231. The minimum Gasteiger partial charge on any atom is -0.491 e. The zero-order chi connectivity index (χ0) is 11.0. The summed E-state index contributed by atoms with van der Waals surface area (Å²) in [5.74, 6) is 0.558. The molecule has 0 aliphatic carbocycles. The van der Waals surface area contributed by atoms with Crippen LogP contribution in [0.25, 0.3) is 10.8 Å². The first-order chi connectivity index (χ1) is 7.83. The predicted molar refractivity (Wildman–Crippen MR) is 59.1 cm³/mol. The van der Waals surface area contributed by atoms with Gasteiger partial charge in [0.15, 0.2) is 0 Å². The van der Waals surface area contributed by atoms with Crippen molar-refractivity contribution < 1.29 is 13.9 Å². The zero-order valence-corrected chi connectivity index (χ0v) is 8.65. The molecule has 1 fully saturated rings. The summed E-state index contributed by atoms with van der Waals surface area (Å²) in [6.07, 6.45) is 0.239. The molecule has 1 unspecified atom stereocenters. The molecule has 3 rings (SSSR count). The van der Waals surface area contributed by atoms with Crippen molar-refractivity contribution in [2.45, 2.75) is 6.10 Å². The van der Waals surface area contributed by atoms with Crippen LogP contribution in [0.3, 0.4) is 0 Å². The Bertz CT molecular complexity index is 520. The van der Waals surface area contributed by atoms with E-state index in [9.17, 15) is 4.39 Å². The third-order valence-corrected chi connectivity index (χ3v) is 2.64. The molecule has 0 spiro atoms. The van der Waals surface area contributed by atoms with E-state index in [0.717, 1.165) is 17.7 Å². The van der Waals surface area contributed by atoms with E-state index in [4.69, 9.17) is 9.47 Å². The lowest BCUT2D eigenvalue weighted by Gasteiger charge is -2.05. The minimum absolute atomic E-state index is 0.199. The predicted octanol–water partition coefficient (Wildman–Crippen LogP) is 2.76. The van der Waals surface area contributed by atoms with Crippen LogP contribution in [0.2, 0.25) is 0 Å². The summed E-state index contributed by atoms with van der Waals surface area (Å²) < 4.78 is 24.0. The number of benzene rings is 2. The summed E-state index contributed by atoms with van der Waals surface area (Å²) in [5.41, 5.74) is 0. The Morgan fingerprint density at radius 2 is 2.19 bits per heavy atom. The van der Waals surface area contributed by atoms with Crippen molar-refractivity contribution in [3.8, 4) is 5.75 Å². The zero-order valence-electron chi connectivity index (χ0n) is 8.65. The number of hydrogen-bond donors (Lipinski definition) is 0. The first-order valence-electron chi connectivity index (χ1n) is 5.25. The molecular formula is C13H11FO2. The quantitative estimate of drug-likeness (QED) is 0.739. The van der Waals surface area contributed by atoms with E-state index in [0.29, 0.717) is 12.0 Å². The summed E-state index contributed by atoms with van der Waals surface area (Å²) in [5, 5.41) is 1.48. The fourth-order valence-corrected chi connectivity index (χ4v) is 1.67. The standard InChI is InChI=1S/C13H11FO2/c14-13-3-1-2-9-6-10(4-5-12(9)13)15-7-11-8-16-11/h1-6,11H,7-8H2. The molecule has 3 heteroatoms. The van der Waals surface area contributed by atoms with Gasteiger partial charge in [-0.05, 0) is 29.7 Å². The van der Waals surface area contributed by atoms with Gasteiger partial charge in [0.05, 0.1) is 6.61 Å². The van der Waals surface area contributed by atoms with Gasteiger partial charge in [-0.2, -0.15) is 0 Å². The summed E-state index contributed by atoms with van der Waals surface area (Å²) in [7, 11) is 0. The molecule has 0 amide bonds. The van der Waals surface area contributed by atoms with Crippen molar-refractivity contribution in [1.29, 1.82) is 0 Å². The average molecular weight is 218 g/mol. The van der Waals surface area contributed by atoms with Crippen LogP contribution in [0.4, 0.5) is 4.39 Å². The van der Waals surface area contributed by atoms with E-state index in [2.05, 4.69) is 0 Å². The molecule has 0 radical (unpaired) electrons. The molecule has 0 saturated carbocycles. The van der Waals surface area contributed by atoms with Crippen LogP contribution >= 0.6 is 0 Å². The van der Waals surface area contributed by atoms with E-state index in [1.807, 2.05) is 12.1 Å². The molecule has 1 aliphatic rings. The second kappa shape index (κ2) is 3.76. The molecule has 1 atom stereocenters. The molecule has 1 heterocycles. The lowest BCUT2D eigenvalue weighted by Crippen LogP contribution is -2.03. The van der Waals surface area contributed by atoms with E-state index in [1.165, 1.54) is 6.07 Å². The van der Waals surface area contributed by atoms with Gasteiger partial charge in [0.25, 0.3) is 0 Å². The van der Waals surface area contributed by atoms with E-state index >= 15 is 0 Å². The largest absolute Gasteiger partial charge is 0.491 e. The number of rotatable bonds is 3. The van der Waals surface area contributed by atoms with Crippen molar-refractivity contribution in [1.82, 2.24) is 0 Å². The van der Waals surface area contributed by atoms with Gasteiger partial charge in [-0.15, -0.1) is 0 Å². The van der Waals surface area contributed by atoms with Gasteiger partial charge >= 0.3 is 0 Å². The topological polar surface area (TPSA) is 21.8 Å². The maximum absolute atomic E-state index is 13.4. The van der Waals surface area contributed by atoms with Crippen molar-refractivity contribution >= 4 is 10.8 Å². The second-order valence-corrected chi connectivity index (χ2v) is 3.89. The molecule has 16 heavy (non-hydrogen) atoms. The minimum atomic E-state index is -0.199. The highest BCUT2D eigenvalue weighted by atomic mass is 19.1. The van der Waals surface area contributed by atoms with Crippen LogP contribution in [0.15, 0.2) is 36.4 Å². The van der Waals surface area contributed by atoms with E-state index < -0.39 is 0 Å². The highest BCUT2D eigenvalue weighted by Gasteiger charge is 2.23. The number of hydrogen-bond acceptors (Lipinski definition) is 2. The normalized spacial score (nSPS) is 18.7. The summed E-state index contributed by atoms with van der Waals surface area (Å²) in [6, 6.07) is 10.4. The fourth-order valence-electron chi connectivity index (χ4n) is 1.67. The molecule has 2 aromatic rings. The Balaban J connectivity index is 1.89. The summed E-state index contributed by atoms with van der Waals surface area (Å²) >= 11 is 0. The Hall–Kier alpha value is -1.61. The van der Waals surface area contributed by atoms with Gasteiger partial charge in [0.2, 0.25) is 0 Å². The van der Waals surface area contributed by atoms with E-state index in [1.54, 1.807) is 18.2 Å². The third-order valence-electron chi connectivity index (χ3n) is 2.64. The lowest BCUT2D eigenvalue weighted by atomic mass is 10.1. The number of halogens is 1. The van der Waals surface area contributed by atoms with Gasteiger partial charge in [-0.25, -0.2) is 4.39 Å². The average Bonchev–Trinajstić information content (AvgIpc) is 3.10. The summed E-state index contributed by atoms with van der Waals surface area (Å²) in [6.45, 7) is 1.35. The molecular weight excluding hydrogens is 207 g/mol. The van der Waals surface area contributed by atoms with Crippen molar-refractivity contribution in [3.05, 3.63) is 42.2 Å². The second-order valence-electron chi connectivity index (χ2n) is 3.89. The number of fused-ring (bicyclic) bond motifs is 1. The van der Waals surface area contributed by atoms with Crippen molar-refractivity contribution in [3.63, 3.8) is 0 Å². The highest BCUT2D eigenvalue weighted by Crippen LogP contribution is 2.23. The van der Waals surface area contributed by atoms with Crippen LogP contribution in [0.1, 0.15) is 0 Å². The highest BCUT2D eigenvalue weighted by molar-refractivity contribution is 5.84. The Kier molecular flexibility index (Phi) is 2.26. The molecule has 1 aliphatic heterocycles. The van der Waals surface area contributed by atoms with Gasteiger partial charge in [-0.1, -0.05) is 12.1 Å². The molecule has 0 N–H and O–H groups in total.